The van der Waals surface area contributed by atoms with E-state index in [1.807, 2.05) is 101 Å². The van der Waals surface area contributed by atoms with Crippen molar-refractivity contribution >= 4 is 34.3 Å². The second-order valence-corrected chi connectivity index (χ2v) is 10.9. The van der Waals surface area contributed by atoms with E-state index in [1.165, 1.54) is 11.8 Å². The summed E-state index contributed by atoms with van der Waals surface area (Å²) >= 11 is 1.35. The zero-order chi connectivity index (χ0) is 27.6. The molecule has 202 valence electrons. The number of aromatic nitrogens is 3. The maximum absolute atomic E-state index is 13.3. The highest BCUT2D eigenvalue weighted by Gasteiger charge is 2.31. The molecule has 1 aliphatic heterocycles. The SMILES string of the molecule is Cc1cccc(-n2c(SCC(=O)N3CCN(C(=O)c4ccc5ccccc5c4)C(C)C3)nnc2-c2ccco2)c1. The number of rotatable bonds is 6. The number of hydrogen-bond acceptors (Lipinski definition) is 6. The van der Waals surface area contributed by atoms with E-state index in [0.717, 1.165) is 22.0 Å². The van der Waals surface area contributed by atoms with E-state index < -0.39 is 0 Å². The summed E-state index contributed by atoms with van der Waals surface area (Å²) in [7, 11) is 0. The molecule has 2 amide bonds. The zero-order valence-corrected chi connectivity index (χ0v) is 23.2. The smallest absolute Gasteiger partial charge is 0.254 e. The van der Waals surface area contributed by atoms with Crippen LogP contribution >= 0.6 is 11.8 Å². The van der Waals surface area contributed by atoms with Gasteiger partial charge in [-0.15, -0.1) is 10.2 Å². The molecule has 1 fully saturated rings. The van der Waals surface area contributed by atoms with Crippen molar-refractivity contribution in [2.45, 2.75) is 25.0 Å². The summed E-state index contributed by atoms with van der Waals surface area (Å²) in [6.07, 6.45) is 1.60. The van der Waals surface area contributed by atoms with Crippen LogP contribution in [0.5, 0.6) is 0 Å². The van der Waals surface area contributed by atoms with Crippen LogP contribution in [0.1, 0.15) is 22.8 Å². The number of benzene rings is 3. The van der Waals surface area contributed by atoms with Crippen molar-refractivity contribution in [3.63, 3.8) is 0 Å². The Kier molecular flexibility index (Phi) is 7.13. The molecular weight excluding hydrogens is 522 g/mol. The summed E-state index contributed by atoms with van der Waals surface area (Å²) < 4.78 is 7.52. The molecular formula is C31H29N5O3S. The Morgan fingerprint density at radius 3 is 2.58 bits per heavy atom. The third kappa shape index (κ3) is 5.12. The van der Waals surface area contributed by atoms with E-state index in [-0.39, 0.29) is 23.6 Å². The molecule has 3 aromatic carbocycles. The summed E-state index contributed by atoms with van der Waals surface area (Å²) in [5, 5.41) is 11.5. The highest BCUT2D eigenvalue weighted by atomic mass is 32.2. The number of piperazine rings is 1. The van der Waals surface area contributed by atoms with Crippen LogP contribution in [-0.2, 0) is 4.79 Å². The number of thioether (sulfide) groups is 1. The summed E-state index contributed by atoms with van der Waals surface area (Å²) in [5.74, 6) is 1.41. The first kappa shape index (κ1) is 25.9. The van der Waals surface area contributed by atoms with Gasteiger partial charge in [-0.2, -0.15) is 0 Å². The van der Waals surface area contributed by atoms with Crippen molar-refractivity contribution in [2.24, 2.45) is 0 Å². The van der Waals surface area contributed by atoms with Gasteiger partial charge in [-0.25, -0.2) is 0 Å². The second kappa shape index (κ2) is 11.0. The van der Waals surface area contributed by atoms with E-state index in [2.05, 4.69) is 16.3 Å². The first-order chi connectivity index (χ1) is 19.5. The molecule has 0 aliphatic carbocycles. The second-order valence-electron chi connectivity index (χ2n) is 10.00. The number of furan rings is 1. The van der Waals surface area contributed by atoms with Crippen LogP contribution in [0.4, 0.5) is 0 Å². The van der Waals surface area contributed by atoms with Gasteiger partial charge in [-0.05, 0) is 66.6 Å². The molecule has 0 bridgehead atoms. The lowest BCUT2D eigenvalue weighted by Gasteiger charge is -2.40. The monoisotopic (exact) mass is 551 g/mol. The van der Waals surface area contributed by atoms with Crippen LogP contribution in [0.2, 0.25) is 0 Å². The molecule has 9 heteroatoms. The molecule has 1 atom stereocenters. The predicted octanol–water partition coefficient (Wildman–Crippen LogP) is 5.45. The summed E-state index contributed by atoms with van der Waals surface area (Å²) in [6, 6.07) is 25.4. The van der Waals surface area contributed by atoms with E-state index >= 15 is 0 Å². The number of carbonyl (C=O) groups excluding carboxylic acids is 2. The van der Waals surface area contributed by atoms with Gasteiger partial charge in [0.25, 0.3) is 5.91 Å². The molecule has 8 nitrogen and oxygen atoms in total. The van der Waals surface area contributed by atoms with Gasteiger partial charge in [0.1, 0.15) is 0 Å². The minimum atomic E-state index is -0.0943. The van der Waals surface area contributed by atoms with Gasteiger partial charge in [0.2, 0.25) is 11.7 Å². The fraction of sp³-hybridized carbons (Fsp3) is 0.226. The molecule has 1 unspecified atom stereocenters. The van der Waals surface area contributed by atoms with Crippen molar-refractivity contribution in [3.8, 4) is 17.3 Å². The van der Waals surface area contributed by atoms with Crippen LogP contribution < -0.4 is 0 Å². The average molecular weight is 552 g/mol. The van der Waals surface area contributed by atoms with Crippen molar-refractivity contribution in [3.05, 3.63) is 96.3 Å². The number of amides is 2. The van der Waals surface area contributed by atoms with Gasteiger partial charge in [0.05, 0.1) is 17.7 Å². The van der Waals surface area contributed by atoms with Crippen LogP contribution in [0.25, 0.3) is 28.0 Å². The van der Waals surface area contributed by atoms with Gasteiger partial charge in [0, 0.05) is 31.2 Å². The fourth-order valence-electron chi connectivity index (χ4n) is 5.12. The summed E-state index contributed by atoms with van der Waals surface area (Å²) in [4.78, 5) is 30.3. The molecule has 0 N–H and O–H groups in total. The van der Waals surface area contributed by atoms with Gasteiger partial charge in [-0.3, -0.25) is 14.2 Å². The quantitative estimate of drug-likeness (QED) is 0.261. The van der Waals surface area contributed by atoms with Crippen molar-refractivity contribution < 1.29 is 14.0 Å². The standard InChI is InChI=1S/C31H29N5O3S/c1-21-7-5-10-26(17-21)36-29(27-11-6-16-39-27)32-33-31(36)40-20-28(37)34-14-15-35(22(2)19-34)30(38)25-13-12-23-8-3-4-9-24(23)18-25/h3-13,16-18,22H,14-15,19-20H2,1-2H3. The Morgan fingerprint density at radius 2 is 1.80 bits per heavy atom. The first-order valence-electron chi connectivity index (χ1n) is 13.2. The van der Waals surface area contributed by atoms with E-state index in [4.69, 9.17) is 4.42 Å². The van der Waals surface area contributed by atoms with Crippen molar-refractivity contribution in [1.29, 1.82) is 0 Å². The molecule has 6 rings (SSSR count). The number of nitrogens with zero attached hydrogens (tertiary/aromatic N) is 5. The molecule has 0 saturated carbocycles. The molecule has 5 aromatic rings. The third-order valence-corrected chi connectivity index (χ3v) is 8.11. The lowest BCUT2D eigenvalue weighted by Crippen LogP contribution is -2.55. The largest absolute Gasteiger partial charge is 0.461 e. The lowest BCUT2D eigenvalue weighted by molar-refractivity contribution is -0.130. The minimum absolute atomic E-state index is 0.00330. The van der Waals surface area contributed by atoms with Gasteiger partial charge >= 0.3 is 0 Å². The fourth-order valence-corrected chi connectivity index (χ4v) is 5.97. The molecule has 3 heterocycles. The lowest BCUT2D eigenvalue weighted by atomic mass is 10.0. The van der Waals surface area contributed by atoms with E-state index in [9.17, 15) is 9.59 Å². The molecule has 1 aliphatic rings. The Hall–Kier alpha value is -4.37. The zero-order valence-electron chi connectivity index (χ0n) is 22.4. The van der Waals surface area contributed by atoms with E-state index in [0.29, 0.717) is 41.9 Å². The van der Waals surface area contributed by atoms with Crippen molar-refractivity contribution in [1.82, 2.24) is 24.6 Å². The molecule has 2 aromatic heterocycles. The Balaban J connectivity index is 1.13. The number of fused-ring (bicyclic) bond motifs is 1. The van der Waals surface area contributed by atoms with Crippen LogP contribution in [0.3, 0.4) is 0 Å². The molecule has 40 heavy (non-hydrogen) atoms. The number of hydrogen-bond donors (Lipinski definition) is 0. The normalized spacial score (nSPS) is 15.5. The molecule has 0 radical (unpaired) electrons. The molecule has 0 spiro atoms. The number of aryl methyl sites for hydroxylation is 1. The maximum atomic E-state index is 13.3. The van der Waals surface area contributed by atoms with Gasteiger partial charge < -0.3 is 14.2 Å². The van der Waals surface area contributed by atoms with E-state index in [1.54, 1.807) is 6.26 Å². The Morgan fingerprint density at radius 1 is 0.950 bits per heavy atom. The van der Waals surface area contributed by atoms with Gasteiger partial charge in [-0.1, -0.05) is 54.2 Å². The Labute approximate surface area is 236 Å². The third-order valence-electron chi connectivity index (χ3n) is 7.20. The van der Waals surface area contributed by atoms with Gasteiger partial charge in [0.15, 0.2) is 10.9 Å². The Bertz CT molecular complexity index is 1680. The summed E-state index contributed by atoms with van der Waals surface area (Å²) in [6.45, 7) is 5.50. The maximum Gasteiger partial charge on any atom is 0.254 e. The average Bonchev–Trinajstić information content (AvgIpc) is 3.65. The van der Waals surface area contributed by atoms with Crippen LogP contribution in [-0.4, -0.2) is 67.8 Å². The highest BCUT2D eigenvalue weighted by Crippen LogP contribution is 2.29. The van der Waals surface area contributed by atoms with Crippen molar-refractivity contribution in [2.75, 3.05) is 25.4 Å². The highest BCUT2D eigenvalue weighted by molar-refractivity contribution is 7.99. The minimum Gasteiger partial charge on any atom is -0.461 e. The summed E-state index contributed by atoms with van der Waals surface area (Å²) in [5.41, 5.74) is 2.68. The molecule has 1 saturated heterocycles. The topological polar surface area (TPSA) is 84.5 Å². The number of carbonyl (C=O) groups is 2. The van der Waals surface area contributed by atoms with Crippen LogP contribution in [0, 0.1) is 6.92 Å². The predicted molar refractivity (Wildman–Crippen MR) is 156 cm³/mol. The van der Waals surface area contributed by atoms with Crippen LogP contribution in [0.15, 0.2) is 94.7 Å². The first-order valence-corrected chi connectivity index (χ1v) is 14.2.